The predicted octanol–water partition coefficient (Wildman–Crippen LogP) is 2.13. The largest absolute Gasteiger partial charge is 0.481 e. The number of halogens is 1. The Kier molecular flexibility index (Phi) is 4.13. The lowest BCUT2D eigenvalue weighted by Gasteiger charge is -2.10. The summed E-state index contributed by atoms with van der Waals surface area (Å²) in [5, 5.41) is 14.3. The molecule has 0 aliphatic heterocycles. The first-order chi connectivity index (χ1) is 11.2. The molecule has 0 amide bonds. The van der Waals surface area contributed by atoms with E-state index in [2.05, 4.69) is 25.8 Å². The first-order valence-corrected chi connectivity index (χ1v) is 6.95. The summed E-state index contributed by atoms with van der Waals surface area (Å²) >= 11 is 0. The number of ether oxygens (including phenoxy) is 1. The fourth-order valence-electron chi connectivity index (χ4n) is 2.12. The molecule has 8 heteroatoms. The van der Waals surface area contributed by atoms with Crippen molar-refractivity contribution in [3.8, 4) is 11.6 Å². The molecular weight excluding hydrogens is 299 g/mol. The number of anilines is 1. The lowest BCUT2D eigenvalue weighted by Crippen LogP contribution is -2.05. The summed E-state index contributed by atoms with van der Waals surface area (Å²) in [6.07, 6.45) is 1.68. The molecule has 3 rings (SSSR count). The molecule has 2 aromatic heterocycles. The summed E-state index contributed by atoms with van der Waals surface area (Å²) in [6.45, 7) is 2.27. The lowest BCUT2D eigenvalue weighted by molar-refractivity contribution is 0.397. The number of methoxy groups -OCH3 is 1. The average Bonchev–Trinajstić information content (AvgIpc) is 3.00. The van der Waals surface area contributed by atoms with E-state index in [4.69, 9.17) is 4.74 Å². The average molecular weight is 314 g/mol. The maximum absolute atomic E-state index is 14.0. The molecule has 0 unspecified atom stereocenters. The second-order valence-corrected chi connectivity index (χ2v) is 4.86. The van der Waals surface area contributed by atoms with E-state index in [1.54, 1.807) is 32.4 Å². The van der Waals surface area contributed by atoms with Crippen molar-refractivity contribution in [2.75, 3.05) is 12.4 Å². The first-order valence-electron chi connectivity index (χ1n) is 6.95. The zero-order chi connectivity index (χ0) is 16.2. The van der Waals surface area contributed by atoms with Gasteiger partial charge in [-0.05, 0) is 47.2 Å². The Morgan fingerprint density at radius 1 is 1.26 bits per heavy atom. The zero-order valence-corrected chi connectivity index (χ0v) is 12.7. The van der Waals surface area contributed by atoms with Crippen molar-refractivity contribution in [2.24, 2.45) is 0 Å². The van der Waals surface area contributed by atoms with E-state index in [1.165, 1.54) is 10.7 Å². The summed E-state index contributed by atoms with van der Waals surface area (Å²) in [7, 11) is 1.57. The highest BCUT2D eigenvalue weighted by Gasteiger charge is 2.10. The molecule has 118 valence electrons. The Morgan fingerprint density at radius 2 is 2.13 bits per heavy atom. The molecule has 23 heavy (non-hydrogen) atoms. The minimum Gasteiger partial charge on any atom is -0.481 e. The van der Waals surface area contributed by atoms with Gasteiger partial charge in [0, 0.05) is 24.5 Å². The van der Waals surface area contributed by atoms with E-state index in [-0.39, 0.29) is 0 Å². The molecule has 0 spiro atoms. The van der Waals surface area contributed by atoms with Crippen LogP contribution in [0.1, 0.15) is 11.4 Å². The number of aryl methyl sites for hydroxylation is 1. The van der Waals surface area contributed by atoms with Crippen LogP contribution in [0.25, 0.3) is 5.69 Å². The minimum absolute atomic E-state index is 0.296. The maximum Gasteiger partial charge on any atom is 0.213 e. The second-order valence-electron chi connectivity index (χ2n) is 4.86. The van der Waals surface area contributed by atoms with Crippen LogP contribution in [0.15, 0.2) is 36.5 Å². The van der Waals surface area contributed by atoms with Gasteiger partial charge in [-0.2, -0.15) is 4.68 Å². The number of tetrazole rings is 1. The van der Waals surface area contributed by atoms with Crippen LogP contribution < -0.4 is 10.1 Å². The van der Waals surface area contributed by atoms with Crippen molar-refractivity contribution in [2.45, 2.75) is 13.5 Å². The Bertz CT molecular complexity index is 819. The van der Waals surface area contributed by atoms with Gasteiger partial charge in [-0.25, -0.2) is 9.37 Å². The Morgan fingerprint density at radius 3 is 2.87 bits per heavy atom. The van der Waals surface area contributed by atoms with Crippen LogP contribution in [-0.2, 0) is 6.54 Å². The third-order valence-electron chi connectivity index (χ3n) is 3.30. The van der Waals surface area contributed by atoms with Crippen LogP contribution >= 0.6 is 0 Å². The number of nitrogens with one attached hydrogen (secondary N) is 1. The van der Waals surface area contributed by atoms with E-state index in [0.717, 1.165) is 11.3 Å². The standard InChI is InChI=1S/C15H15FN6O/c1-10-19-20-21-22(10)14-8-12(3-4-13(14)16)18-9-11-5-6-17-15(7-11)23-2/h3-8,18H,9H2,1-2H3. The smallest absolute Gasteiger partial charge is 0.213 e. The van der Waals surface area contributed by atoms with Crippen LogP contribution in [0, 0.1) is 12.7 Å². The third-order valence-corrected chi connectivity index (χ3v) is 3.30. The van der Waals surface area contributed by atoms with E-state index < -0.39 is 5.82 Å². The molecule has 0 radical (unpaired) electrons. The molecular formula is C15H15FN6O. The zero-order valence-electron chi connectivity index (χ0n) is 12.7. The fraction of sp³-hybridized carbons (Fsp3) is 0.200. The topological polar surface area (TPSA) is 77.8 Å². The summed E-state index contributed by atoms with van der Waals surface area (Å²) in [6, 6.07) is 8.42. The lowest BCUT2D eigenvalue weighted by atomic mass is 10.2. The van der Waals surface area contributed by atoms with E-state index >= 15 is 0 Å². The molecule has 7 nitrogen and oxygen atoms in total. The normalized spacial score (nSPS) is 10.6. The van der Waals surface area contributed by atoms with E-state index in [1.807, 2.05) is 12.1 Å². The van der Waals surface area contributed by atoms with Crippen molar-refractivity contribution in [1.82, 2.24) is 25.2 Å². The highest BCUT2D eigenvalue weighted by atomic mass is 19.1. The van der Waals surface area contributed by atoms with Crippen molar-refractivity contribution in [3.05, 3.63) is 53.7 Å². The van der Waals surface area contributed by atoms with Crippen LogP contribution in [0.4, 0.5) is 10.1 Å². The minimum atomic E-state index is -0.392. The van der Waals surface area contributed by atoms with Gasteiger partial charge >= 0.3 is 0 Å². The third kappa shape index (κ3) is 3.25. The van der Waals surface area contributed by atoms with Gasteiger partial charge in [0.05, 0.1) is 7.11 Å². The van der Waals surface area contributed by atoms with E-state index in [9.17, 15) is 4.39 Å². The molecule has 0 aliphatic rings. The summed E-state index contributed by atoms with van der Waals surface area (Å²) < 4.78 is 20.5. The molecule has 0 aliphatic carbocycles. The quantitative estimate of drug-likeness (QED) is 0.777. The van der Waals surface area contributed by atoms with Gasteiger partial charge in [0.25, 0.3) is 0 Å². The summed E-state index contributed by atoms with van der Waals surface area (Å²) in [5.41, 5.74) is 2.05. The highest BCUT2D eigenvalue weighted by molar-refractivity contribution is 5.52. The predicted molar refractivity (Wildman–Crippen MR) is 82.0 cm³/mol. The number of rotatable bonds is 5. The van der Waals surface area contributed by atoms with Crippen molar-refractivity contribution in [1.29, 1.82) is 0 Å². The number of pyridine rings is 1. The summed E-state index contributed by atoms with van der Waals surface area (Å²) in [4.78, 5) is 4.06. The Hall–Kier alpha value is -3.03. The molecule has 0 bridgehead atoms. The van der Waals surface area contributed by atoms with Crippen molar-refractivity contribution in [3.63, 3.8) is 0 Å². The molecule has 0 fully saturated rings. The van der Waals surface area contributed by atoms with Gasteiger partial charge in [0.15, 0.2) is 5.82 Å². The van der Waals surface area contributed by atoms with Gasteiger partial charge in [-0.1, -0.05) is 0 Å². The van der Waals surface area contributed by atoms with Crippen LogP contribution in [0.2, 0.25) is 0 Å². The highest BCUT2D eigenvalue weighted by Crippen LogP contribution is 2.19. The maximum atomic E-state index is 14.0. The molecule has 1 aromatic carbocycles. The number of aromatic nitrogens is 5. The van der Waals surface area contributed by atoms with Crippen LogP contribution in [0.3, 0.4) is 0 Å². The SMILES string of the molecule is COc1cc(CNc2ccc(F)c(-n3nnnc3C)c2)ccn1. The number of nitrogens with zero attached hydrogens (tertiary/aromatic N) is 5. The molecule has 0 saturated heterocycles. The van der Waals surface area contributed by atoms with Gasteiger partial charge in [-0.3, -0.25) is 0 Å². The van der Waals surface area contributed by atoms with Gasteiger partial charge in [0.2, 0.25) is 5.88 Å². The Labute approximate surface area is 132 Å². The van der Waals surface area contributed by atoms with Gasteiger partial charge in [-0.15, -0.1) is 5.10 Å². The van der Waals surface area contributed by atoms with E-state index in [0.29, 0.717) is 23.9 Å². The van der Waals surface area contributed by atoms with Crippen LogP contribution in [-0.4, -0.2) is 32.3 Å². The fourth-order valence-corrected chi connectivity index (χ4v) is 2.12. The molecule has 1 N–H and O–H groups in total. The van der Waals surface area contributed by atoms with Gasteiger partial charge < -0.3 is 10.1 Å². The summed E-state index contributed by atoms with van der Waals surface area (Å²) in [5.74, 6) is 0.671. The molecule has 0 saturated carbocycles. The monoisotopic (exact) mass is 314 g/mol. The van der Waals surface area contributed by atoms with Crippen molar-refractivity contribution < 1.29 is 9.13 Å². The molecule has 3 aromatic rings. The Balaban J connectivity index is 1.80. The van der Waals surface area contributed by atoms with Crippen molar-refractivity contribution >= 4 is 5.69 Å². The molecule has 0 atom stereocenters. The second kappa shape index (κ2) is 6.39. The molecule has 2 heterocycles. The number of hydrogen-bond donors (Lipinski definition) is 1. The number of hydrogen-bond acceptors (Lipinski definition) is 6. The first kappa shape index (κ1) is 14.9. The van der Waals surface area contributed by atoms with Gasteiger partial charge in [0.1, 0.15) is 11.5 Å². The van der Waals surface area contributed by atoms with Crippen LogP contribution in [0.5, 0.6) is 5.88 Å². The number of benzene rings is 1.